The van der Waals surface area contributed by atoms with Crippen molar-refractivity contribution in [1.29, 1.82) is 0 Å². The van der Waals surface area contributed by atoms with Crippen LogP contribution >= 0.6 is 0 Å². The first-order chi connectivity index (χ1) is 10.6. The number of hydrogen-bond acceptors (Lipinski definition) is 2. The van der Waals surface area contributed by atoms with E-state index < -0.39 is 0 Å². The van der Waals surface area contributed by atoms with Crippen LogP contribution in [-0.4, -0.2) is 22.7 Å². The lowest BCUT2D eigenvalue weighted by atomic mass is 10.2. The van der Waals surface area contributed by atoms with Crippen LogP contribution in [0.25, 0.3) is 0 Å². The Hall–Kier alpha value is -2.41. The molecule has 0 amide bonds. The second-order valence-electron chi connectivity index (χ2n) is 5.43. The Balaban J connectivity index is 2.52. The predicted octanol–water partition coefficient (Wildman–Crippen LogP) is 2.43. The summed E-state index contributed by atoms with van der Waals surface area (Å²) in [6.45, 7) is 6.73. The second kappa shape index (κ2) is 7.04. The molecule has 0 aromatic carbocycles. The summed E-state index contributed by atoms with van der Waals surface area (Å²) < 4.78 is 4.24. The second-order valence-corrected chi connectivity index (χ2v) is 5.43. The average molecular weight is 296 g/mol. The van der Waals surface area contributed by atoms with E-state index in [-0.39, 0.29) is 0 Å². The highest BCUT2D eigenvalue weighted by Crippen LogP contribution is 2.16. The molecule has 1 aromatic rings. The van der Waals surface area contributed by atoms with Gasteiger partial charge in [0, 0.05) is 34.1 Å². The van der Waals surface area contributed by atoms with E-state index in [9.17, 15) is 0 Å². The zero-order chi connectivity index (χ0) is 16.1. The van der Waals surface area contributed by atoms with Gasteiger partial charge in [0.2, 0.25) is 5.62 Å². The van der Waals surface area contributed by atoms with Gasteiger partial charge >= 0.3 is 0 Å². The molecule has 0 fully saturated rings. The molecule has 1 heterocycles. The fourth-order valence-corrected chi connectivity index (χ4v) is 2.62. The first-order valence-corrected chi connectivity index (χ1v) is 7.46. The molecule has 4 heteroatoms. The topological polar surface area (TPSA) is 25.5 Å². The van der Waals surface area contributed by atoms with Gasteiger partial charge in [0.05, 0.1) is 17.8 Å². The number of anilines is 1. The molecular weight excluding hydrogens is 272 g/mol. The highest BCUT2D eigenvalue weighted by atomic mass is 15.3. The Morgan fingerprint density at radius 2 is 2.14 bits per heavy atom. The minimum atomic E-state index is 0.687. The van der Waals surface area contributed by atoms with Gasteiger partial charge in [-0.1, -0.05) is 30.1 Å². The lowest BCUT2D eigenvalue weighted by Gasteiger charge is -2.18. The minimum Gasteiger partial charge on any atom is -0.356 e. The molecule has 1 aliphatic rings. The van der Waals surface area contributed by atoms with E-state index in [1.54, 1.807) is 0 Å². The van der Waals surface area contributed by atoms with E-state index in [4.69, 9.17) is 4.99 Å². The van der Waals surface area contributed by atoms with Crippen molar-refractivity contribution in [3.8, 4) is 11.8 Å². The summed E-state index contributed by atoms with van der Waals surface area (Å²) in [5, 5.41) is 0. The van der Waals surface area contributed by atoms with Crippen molar-refractivity contribution in [2.45, 2.75) is 19.8 Å². The summed E-state index contributed by atoms with van der Waals surface area (Å²) in [6, 6.07) is 0. The monoisotopic (exact) mass is 296 g/mol. The molecule has 2 rings (SSSR count). The molecule has 0 N–H and O–H groups in total. The Bertz CT molecular complexity index is 745. The standard InChI is InChI=1S/C18H24N4/c1-6-14-20(3)17-15(2)21(4)18(22(17)5)19-16-12-10-8-7-9-11-13-16/h6,8,10,12H,1,7,13-14H2,2-5H3/b10-8-,16-12+,19-18?. The average Bonchev–Trinajstić information content (AvgIpc) is 2.65. The number of nitrogens with zero attached hydrogens (tertiary/aromatic N) is 4. The van der Waals surface area contributed by atoms with Crippen molar-refractivity contribution >= 4 is 5.82 Å². The molecular formula is C18H24N4. The number of allylic oxidation sites excluding steroid dienone is 4. The van der Waals surface area contributed by atoms with E-state index in [1.165, 1.54) is 5.69 Å². The minimum absolute atomic E-state index is 0.687. The van der Waals surface area contributed by atoms with Gasteiger partial charge in [-0.05, 0) is 13.0 Å². The highest BCUT2D eigenvalue weighted by Gasteiger charge is 2.14. The van der Waals surface area contributed by atoms with E-state index in [2.05, 4.69) is 52.5 Å². The number of rotatable bonds is 4. The van der Waals surface area contributed by atoms with Crippen molar-refractivity contribution in [1.82, 2.24) is 9.13 Å². The molecule has 0 unspecified atom stereocenters. The quantitative estimate of drug-likeness (QED) is 0.619. The molecule has 4 nitrogen and oxygen atoms in total. The van der Waals surface area contributed by atoms with Crippen LogP contribution in [0.5, 0.6) is 0 Å². The number of aromatic nitrogens is 2. The van der Waals surface area contributed by atoms with Crippen LogP contribution in [0.1, 0.15) is 18.5 Å². The molecule has 0 spiro atoms. The van der Waals surface area contributed by atoms with Gasteiger partial charge in [-0.15, -0.1) is 6.58 Å². The van der Waals surface area contributed by atoms with Crippen LogP contribution in [-0.2, 0) is 14.1 Å². The van der Waals surface area contributed by atoms with Gasteiger partial charge < -0.3 is 9.47 Å². The summed E-state index contributed by atoms with van der Waals surface area (Å²) in [4.78, 5) is 7.00. The molecule has 116 valence electrons. The smallest absolute Gasteiger partial charge is 0.211 e. The Morgan fingerprint density at radius 3 is 2.86 bits per heavy atom. The van der Waals surface area contributed by atoms with E-state index >= 15 is 0 Å². The lowest BCUT2D eigenvalue weighted by molar-refractivity contribution is 0.724. The van der Waals surface area contributed by atoms with Gasteiger partial charge in [-0.2, -0.15) is 0 Å². The van der Waals surface area contributed by atoms with E-state index in [1.807, 2.05) is 32.3 Å². The van der Waals surface area contributed by atoms with Crippen molar-refractivity contribution in [3.63, 3.8) is 0 Å². The molecule has 0 radical (unpaired) electrons. The van der Waals surface area contributed by atoms with Crippen LogP contribution in [0.2, 0.25) is 0 Å². The van der Waals surface area contributed by atoms with Crippen LogP contribution in [0, 0.1) is 18.8 Å². The third-order valence-corrected chi connectivity index (χ3v) is 3.79. The van der Waals surface area contributed by atoms with Crippen LogP contribution in [0.3, 0.4) is 0 Å². The summed E-state index contributed by atoms with van der Waals surface area (Å²) in [5.41, 5.74) is 3.08. The van der Waals surface area contributed by atoms with Crippen LogP contribution in [0.4, 0.5) is 5.82 Å². The normalized spacial score (nSPS) is 18.5. The maximum absolute atomic E-state index is 4.82. The maximum atomic E-state index is 4.82. The van der Waals surface area contributed by atoms with Gasteiger partial charge in [-0.3, -0.25) is 4.57 Å². The van der Waals surface area contributed by atoms with Crippen molar-refractivity contribution in [2.24, 2.45) is 19.1 Å². The molecule has 0 aliphatic heterocycles. The van der Waals surface area contributed by atoms with E-state index in [0.717, 1.165) is 30.1 Å². The number of likely N-dealkylation sites (N-methyl/N-ethyl adjacent to an activating group) is 1. The fraction of sp³-hybridized carbons (Fsp3) is 0.389. The largest absolute Gasteiger partial charge is 0.356 e. The highest BCUT2D eigenvalue weighted by molar-refractivity contribution is 5.44. The molecule has 22 heavy (non-hydrogen) atoms. The van der Waals surface area contributed by atoms with Crippen molar-refractivity contribution in [2.75, 3.05) is 18.5 Å². The number of imidazole rings is 1. The Morgan fingerprint density at radius 1 is 1.36 bits per heavy atom. The zero-order valence-corrected chi connectivity index (χ0v) is 13.9. The van der Waals surface area contributed by atoms with Crippen LogP contribution in [0.15, 0.2) is 41.6 Å². The first-order valence-electron chi connectivity index (χ1n) is 7.46. The van der Waals surface area contributed by atoms with Gasteiger partial charge in [0.15, 0.2) is 0 Å². The molecule has 0 saturated carbocycles. The molecule has 0 bridgehead atoms. The fourth-order valence-electron chi connectivity index (χ4n) is 2.62. The lowest BCUT2D eigenvalue weighted by Crippen LogP contribution is -2.26. The molecule has 1 aromatic heterocycles. The number of hydrogen-bond donors (Lipinski definition) is 0. The third kappa shape index (κ3) is 3.25. The van der Waals surface area contributed by atoms with Gasteiger partial charge in [-0.25, -0.2) is 4.99 Å². The predicted molar refractivity (Wildman–Crippen MR) is 92.4 cm³/mol. The zero-order valence-electron chi connectivity index (χ0n) is 13.9. The molecule has 0 saturated heterocycles. The van der Waals surface area contributed by atoms with E-state index in [0.29, 0.717) is 6.42 Å². The third-order valence-electron chi connectivity index (χ3n) is 3.79. The van der Waals surface area contributed by atoms with Gasteiger partial charge in [0.25, 0.3) is 0 Å². The van der Waals surface area contributed by atoms with Crippen molar-refractivity contribution < 1.29 is 0 Å². The van der Waals surface area contributed by atoms with Gasteiger partial charge in [0.1, 0.15) is 5.82 Å². The molecule has 0 atom stereocenters. The first kappa shape index (κ1) is 16.0. The summed E-state index contributed by atoms with van der Waals surface area (Å²) in [5.74, 6) is 7.42. The molecule has 1 aliphatic carbocycles. The maximum Gasteiger partial charge on any atom is 0.211 e. The summed E-state index contributed by atoms with van der Waals surface area (Å²) in [7, 11) is 6.16. The summed E-state index contributed by atoms with van der Waals surface area (Å²) in [6.07, 6.45) is 9.54. The van der Waals surface area contributed by atoms with Crippen molar-refractivity contribution in [3.05, 3.63) is 47.9 Å². The Labute approximate surface area is 132 Å². The summed E-state index contributed by atoms with van der Waals surface area (Å²) >= 11 is 0. The van der Waals surface area contributed by atoms with Crippen LogP contribution < -0.4 is 10.5 Å². The SMILES string of the molecule is C=CCN(C)c1c(C)n(C)c(=N/C2=C/C=C\CC#CC2)n1C. The Kier molecular flexibility index (Phi) is 5.11.